The predicted molar refractivity (Wildman–Crippen MR) is 98.6 cm³/mol. The van der Waals surface area contributed by atoms with E-state index in [4.69, 9.17) is 0 Å². The van der Waals surface area contributed by atoms with Gasteiger partial charge in [0.2, 0.25) is 11.0 Å². The van der Waals surface area contributed by atoms with Gasteiger partial charge in [0.15, 0.2) is 4.34 Å². The normalized spacial score (nSPS) is 10.4. The van der Waals surface area contributed by atoms with Crippen molar-refractivity contribution in [2.75, 3.05) is 22.9 Å². The molecule has 0 unspecified atom stereocenters. The van der Waals surface area contributed by atoms with E-state index in [1.54, 1.807) is 6.08 Å². The lowest BCUT2D eigenvalue weighted by atomic mass is 10.1. The van der Waals surface area contributed by atoms with Crippen LogP contribution in [-0.2, 0) is 4.79 Å². The van der Waals surface area contributed by atoms with Gasteiger partial charge in [-0.3, -0.25) is 4.79 Å². The van der Waals surface area contributed by atoms with Gasteiger partial charge in [0.05, 0.1) is 5.75 Å². The fourth-order valence-corrected chi connectivity index (χ4v) is 3.74. The third-order valence-corrected chi connectivity index (χ3v) is 5.09. The fourth-order valence-electron chi connectivity index (χ4n) is 2.18. The number of nitrogens with one attached hydrogen (secondary N) is 2. The third kappa shape index (κ3) is 5.07. The van der Waals surface area contributed by atoms with Crippen LogP contribution < -0.4 is 10.6 Å². The molecule has 122 valence electrons. The largest absolute Gasteiger partial charge is 0.357 e. The van der Waals surface area contributed by atoms with Crippen molar-refractivity contribution in [2.45, 2.75) is 25.1 Å². The first-order valence-electron chi connectivity index (χ1n) is 7.18. The second-order valence-corrected chi connectivity index (χ2v) is 7.35. The Morgan fingerprint density at radius 2 is 2.00 bits per heavy atom. The van der Waals surface area contributed by atoms with Crippen LogP contribution in [0.15, 0.2) is 29.1 Å². The van der Waals surface area contributed by atoms with Gasteiger partial charge in [-0.25, -0.2) is 0 Å². The quantitative estimate of drug-likeness (QED) is 0.588. The molecule has 0 spiro atoms. The fraction of sp³-hybridized carbons (Fsp3) is 0.312. The average molecular weight is 348 g/mol. The highest BCUT2D eigenvalue weighted by Crippen LogP contribution is 2.26. The number of nitrogens with zero attached hydrogens (tertiary/aromatic N) is 2. The van der Waals surface area contributed by atoms with Crippen LogP contribution in [0.4, 0.5) is 10.8 Å². The zero-order valence-electron chi connectivity index (χ0n) is 13.5. The number of anilines is 2. The summed E-state index contributed by atoms with van der Waals surface area (Å²) in [5, 5.41) is 14.9. The van der Waals surface area contributed by atoms with E-state index in [0.717, 1.165) is 26.3 Å². The Morgan fingerprint density at radius 1 is 1.30 bits per heavy atom. The number of hydrogen-bond acceptors (Lipinski definition) is 6. The van der Waals surface area contributed by atoms with Crippen molar-refractivity contribution >= 4 is 39.8 Å². The van der Waals surface area contributed by atoms with Gasteiger partial charge in [-0.2, -0.15) is 0 Å². The van der Waals surface area contributed by atoms with Crippen molar-refractivity contribution in [3.05, 3.63) is 41.5 Å². The number of carbonyl (C=O) groups is 1. The predicted octanol–water partition coefficient (Wildman–Crippen LogP) is 3.79. The zero-order valence-corrected chi connectivity index (χ0v) is 15.1. The maximum absolute atomic E-state index is 12.1. The molecule has 5 nitrogen and oxygen atoms in total. The molecular formula is C16H20N4OS2. The number of thioether (sulfide) groups is 1. The van der Waals surface area contributed by atoms with Gasteiger partial charge >= 0.3 is 0 Å². The minimum atomic E-state index is -0.0409. The summed E-state index contributed by atoms with van der Waals surface area (Å²) in [5.41, 5.74) is 4.24. The van der Waals surface area contributed by atoms with Gasteiger partial charge in [-0.1, -0.05) is 46.9 Å². The Kier molecular flexibility index (Phi) is 6.18. The molecule has 1 aromatic heterocycles. The van der Waals surface area contributed by atoms with E-state index in [1.165, 1.54) is 28.7 Å². The summed E-state index contributed by atoms with van der Waals surface area (Å²) < 4.78 is 0.768. The molecule has 0 aliphatic heterocycles. The second kappa shape index (κ2) is 8.12. The summed E-state index contributed by atoms with van der Waals surface area (Å²) in [6, 6.07) is 4.14. The number of aryl methyl sites for hydroxylation is 3. The molecule has 0 saturated carbocycles. The van der Waals surface area contributed by atoms with Crippen LogP contribution in [0.5, 0.6) is 0 Å². The SMILES string of the molecule is C=CCNc1nnc(SCC(=O)Nc2c(C)cc(C)cc2C)s1. The Bertz CT molecular complexity index is 689. The Labute approximate surface area is 144 Å². The summed E-state index contributed by atoms with van der Waals surface area (Å²) in [7, 11) is 0. The van der Waals surface area contributed by atoms with Crippen LogP contribution >= 0.6 is 23.1 Å². The van der Waals surface area contributed by atoms with Gasteiger partial charge in [0.1, 0.15) is 0 Å². The number of aromatic nitrogens is 2. The smallest absolute Gasteiger partial charge is 0.234 e. The molecule has 2 N–H and O–H groups in total. The molecule has 0 atom stereocenters. The Hall–Kier alpha value is -1.86. The number of benzene rings is 1. The molecule has 0 aliphatic carbocycles. The van der Waals surface area contributed by atoms with Crippen molar-refractivity contribution < 1.29 is 4.79 Å². The molecule has 0 radical (unpaired) electrons. The standard InChI is InChI=1S/C16H20N4OS2/c1-5-6-17-15-19-20-16(23-15)22-9-13(21)18-14-11(3)7-10(2)8-12(14)4/h5,7-8H,1,6,9H2,2-4H3,(H,17,19)(H,18,21). The van der Waals surface area contributed by atoms with Crippen molar-refractivity contribution in [1.29, 1.82) is 0 Å². The van der Waals surface area contributed by atoms with E-state index in [0.29, 0.717) is 12.3 Å². The molecule has 0 saturated heterocycles. The average Bonchev–Trinajstić information content (AvgIpc) is 2.94. The molecule has 0 fully saturated rings. The zero-order chi connectivity index (χ0) is 16.8. The number of rotatable bonds is 7. The van der Waals surface area contributed by atoms with E-state index in [9.17, 15) is 4.79 Å². The number of carbonyl (C=O) groups excluding carboxylic acids is 1. The lowest BCUT2D eigenvalue weighted by Gasteiger charge is -2.12. The van der Waals surface area contributed by atoms with E-state index in [2.05, 4.69) is 46.5 Å². The van der Waals surface area contributed by atoms with Crippen LogP contribution in [-0.4, -0.2) is 28.4 Å². The first kappa shape index (κ1) is 17.5. The number of amides is 1. The van der Waals surface area contributed by atoms with Crippen molar-refractivity contribution in [2.24, 2.45) is 0 Å². The highest BCUT2D eigenvalue weighted by molar-refractivity contribution is 8.01. The first-order valence-corrected chi connectivity index (χ1v) is 8.98. The number of hydrogen-bond donors (Lipinski definition) is 2. The maximum atomic E-state index is 12.1. The molecule has 1 amide bonds. The summed E-state index contributed by atoms with van der Waals surface area (Å²) in [5.74, 6) is 0.268. The first-order chi connectivity index (χ1) is 11.0. The van der Waals surface area contributed by atoms with Crippen LogP contribution in [0.3, 0.4) is 0 Å². The molecule has 1 heterocycles. The van der Waals surface area contributed by atoms with E-state index < -0.39 is 0 Å². The molecule has 1 aromatic carbocycles. The van der Waals surface area contributed by atoms with Crippen molar-refractivity contribution in [3.63, 3.8) is 0 Å². The van der Waals surface area contributed by atoms with Gasteiger partial charge in [0.25, 0.3) is 0 Å². The van der Waals surface area contributed by atoms with Crippen LogP contribution in [0.1, 0.15) is 16.7 Å². The monoisotopic (exact) mass is 348 g/mol. The molecule has 0 bridgehead atoms. The van der Waals surface area contributed by atoms with Crippen LogP contribution in [0, 0.1) is 20.8 Å². The van der Waals surface area contributed by atoms with Gasteiger partial charge < -0.3 is 10.6 Å². The van der Waals surface area contributed by atoms with E-state index in [1.807, 2.05) is 13.8 Å². The third-order valence-electron chi connectivity index (χ3n) is 3.07. The molecule has 23 heavy (non-hydrogen) atoms. The van der Waals surface area contributed by atoms with E-state index >= 15 is 0 Å². The molecule has 7 heteroatoms. The van der Waals surface area contributed by atoms with Gasteiger partial charge in [-0.15, -0.1) is 16.8 Å². The molecular weight excluding hydrogens is 328 g/mol. The minimum Gasteiger partial charge on any atom is -0.357 e. The lowest BCUT2D eigenvalue weighted by molar-refractivity contribution is -0.113. The van der Waals surface area contributed by atoms with Crippen LogP contribution in [0.25, 0.3) is 0 Å². The van der Waals surface area contributed by atoms with Gasteiger partial charge in [0, 0.05) is 12.2 Å². The summed E-state index contributed by atoms with van der Waals surface area (Å²) in [6.07, 6.45) is 1.76. The van der Waals surface area contributed by atoms with Crippen LogP contribution in [0.2, 0.25) is 0 Å². The summed E-state index contributed by atoms with van der Waals surface area (Å²) in [4.78, 5) is 12.1. The van der Waals surface area contributed by atoms with Gasteiger partial charge in [-0.05, 0) is 31.9 Å². The van der Waals surface area contributed by atoms with E-state index in [-0.39, 0.29) is 5.91 Å². The Morgan fingerprint density at radius 3 is 2.65 bits per heavy atom. The molecule has 2 rings (SSSR count). The Balaban J connectivity index is 1.90. The maximum Gasteiger partial charge on any atom is 0.234 e. The highest BCUT2D eigenvalue weighted by Gasteiger charge is 2.11. The molecule has 0 aliphatic rings. The summed E-state index contributed by atoms with van der Waals surface area (Å²) in [6.45, 7) is 10.3. The molecule has 2 aromatic rings. The topological polar surface area (TPSA) is 66.9 Å². The summed E-state index contributed by atoms with van der Waals surface area (Å²) >= 11 is 2.82. The minimum absolute atomic E-state index is 0.0409. The second-order valence-electron chi connectivity index (χ2n) is 5.15. The van der Waals surface area contributed by atoms with Crippen molar-refractivity contribution in [1.82, 2.24) is 10.2 Å². The van der Waals surface area contributed by atoms with Crippen molar-refractivity contribution in [3.8, 4) is 0 Å². The highest BCUT2D eigenvalue weighted by atomic mass is 32.2. The lowest BCUT2D eigenvalue weighted by Crippen LogP contribution is -2.15.